The molecular formula is C10H12BrCl2NO2S. The minimum atomic E-state index is -3.49. The van der Waals surface area contributed by atoms with Gasteiger partial charge in [-0.25, -0.2) is 13.1 Å². The van der Waals surface area contributed by atoms with Crippen molar-refractivity contribution in [3.05, 3.63) is 28.2 Å². The molecule has 0 aliphatic rings. The van der Waals surface area contributed by atoms with E-state index in [1.807, 2.05) is 0 Å². The lowest BCUT2D eigenvalue weighted by molar-refractivity contribution is 0.578. The average Bonchev–Trinajstić information content (AvgIpc) is 2.28. The lowest BCUT2D eigenvalue weighted by Gasteiger charge is -2.07. The van der Waals surface area contributed by atoms with Gasteiger partial charge in [-0.05, 0) is 31.0 Å². The summed E-state index contributed by atoms with van der Waals surface area (Å²) in [6.45, 7) is 0.411. The van der Waals surface area contributed by atoms with E-state index >= 15 is 0 Å². The van der Waals surface area contributed by atoms with Gasteiger partial charge in [-0.1, -0.05) is 39.1 Å². The largest absolute Gasteiger partial charge is 0.240 e. The maximum atomic E-state index is 11.8. The Kier molecular flexibility index (Phi) is 6.23. The summed E-state index contributed by atoms with van der Waals surface area (Å²) in [4.78, 5) is 0.130. The Balaban J connectivity index is 2.72. The lowest BCUT2D eigenvalue weighted by Crippen LogP contribution is -2.24. The average molecular weight is 361 g/mol. The smallest absolute Gasteiger partial charge is 0.211 e. The third-order valence-corrected chi connectivity index (χ3v) is 4.81. The molecule has 0 fully saturated rings. The normalized spacial score (nSPS) is 11.7. The number of rotatable bonds is 6. The first kappa shape index (κ1) is 15.2. The standard InChI is InChI=1S/C10H12BrCl2NO2S/c11-5-1-2-6-14-17(15,16)8-3-4-9(12)10(13)7-8/h3-4,7,14H,1-2,5-6H2. The Morgan fingerprint density at radius 1 is 1.18 bits per heavy atom. The molecule has 7 heteroatoms. The van der Waals surface area contributed by atoms with Gasteiger partial charge in [-0.3, -0.25) is 0 Å². The summed E-state index contributed by atoms with van der Waals surface area (Å²) in [6, 6.07) is 4.24. The van der Waals surface area contributed by atoms with Crippen molar-refractivity contribution in [1.29, 1.82) is 0 Å². The van der Waals surface area contributed by atoms with E-state index in [-0.39, 0.29) is 9.92 Å². The third kappa shape index (κ3) is 4.75. The molecule has 1 aromatic rings. The summed E-state index contributed by atoms with van der Waals surface area (Å²) < 4.78 is 26.2. The summed E-state index contributed by atoms with van der Waals surface area (Å²) in [5, 5.41) is 1.43. The molecule has 0 aliphatic carbocycles. The van der Waals surface area contributed by atoms with Gasteiger partial charge in [0.05, 0.1) is 14.9 Å². The van der Waals surface area contributed by atoms with Gasteiger partial charge in [0.25, 0.3) is 0 Å². The van der Waals surface area contributed by atoms with Gasteiger partial charge >= 0.3 is 0 Å². The number of hydrogen-bond donors (Lipinski definition) is 1. The third-order valence-electron chi connectivity index (χ3n) is 2.05. The van der Waals surface area contributed by atoms with Crippen LogP contribution in [0, 0.1) is 0 Å². The topological polar surface area (TPSA) is 46.2 Å². The Morgan fingerprint density at radius 3 is 2.47 bits per heavy atom. The van der Waals surface area contributed by atoms with Crippen LogP contribution in [0.5, 0.6) is 0 Å². The second-order valence-corrected chi connectivity index (χ2v) is 6.74. The van der Waals surface area contributed by atoms with Crippen LogP contribution < -0.4 is 4.72 Å². The fourth-order valence-electron chi connectivity index (χ4n) is 1.15. The van der Waals surface area contributed by atoms with Gasteiger partial charge in [-0.2, -0.15) is 0 Å². The van der Waals surface area contributed by atoms with Crippen molar-refractivity contribution in [3.8, 4) is 0 Å². The maximum absolute atomic E-state index is 11.8. The quantitative estimate of drug-likeness (QED) is 0.623. The molecule has 1 N–H and O–H groups in total. The van der Waals surface area contributed by atoms with Crippen molar-refractivity contribution in [1.82, 2.24) is 4.72 Å². The molecule has 0 saturated heterocycles. The predicted octanol–water partition coefficient (Wildman–Crippen LogP) is 3.45. The summed E-state index contributed by atoms with van der Waals surface area (Å²) in [6.07, 6.45) is 1.70. The number of alkyl halides is 1. The molecule has 0 atom stereocenters. The van der Waals surface area contributed by atoms with E-state index in [0.29, 0.717) is 11.6 Å². The Bertz CT molecular complexity index is 479. The van der Waals surface area contributed by atoms with Crippen LogP contribution in [0.3, 0.4) is 0 Å². The number of unbranched alkanes of at least 4 members (excludes halogenated alkanes) is 1. The predicted molar refractivity (Wildman–Crippen MR) is 74.7 cm³/mol. The fourth-order valence-corrected chi connectivity index (χ4v) is 3.01. The highest BCUT2D eigenvalue weighted by molar-refractivity contribution is 9.09. The molecule has 0 radical (unpaired) electrons. The van der Waals surface area contributed by atoms with E-state index in [0.717, 1.165) is 18.2 Å². The van der Waals surface area contributed by atoms with Gasteiger partial charge in [0.2, 0.25) is 10.0 Å². The molecule has 0 aromatic heterocycles. The van der Waals surface area contributed by atoms with Gasteiger partial charge in [0.1, 0.15) is 0 Å². The molecule has 0 saturated carbocycles. The fraction of sp³-hybridized carbons (Fsp3) is 0.400. The van der Waals surface area contributed by atoms with Crippen LogP contribution in [-0.4, -0.2) is 20.3 Å². The number of nitrogens with one attached hydrogen (secondary N) is 1. The van der Waals surface area contributed by atoms with Gasteiger partial charge in [0.15, 0.2) is 0 Å². The zero-order chi connectivity index (χ0) is 12.9. The molecule has 0 bridgehead atoms. The van der Waals surface area contributed by atoms with Crippen LogP contribution in [0.25, 0.3) is 0 Å². The van der Waals surface area contributed by atoms with Crippen LogP contribution in [-0.2, 0) is 10.0 Å². The Hall–Kier alpha value is 0.190. The van der Waals surface area contributed by atoms with Crippen molar-refractivity contribution in [3.63, 3.8) is 0 Å². The van der Waals surface area contributed by atoms with Crippen molar-refractivity contribution >= 4 is 49.2 Å². The molecule has 1 rings (SSSR count). The molecule has 0 spiro atoms. The molecule has 0 heterocycles. The van der Waals surface area contributed by atoms with Crippen LogP contribution in [0.4, 0.5) is 0 Å². The molecule has 0 unspecified atom stereocenters. The number of halogens is 3. The molecule has 0 amide bonds. The minimum Gasteiger partial charge on any atom is -0.211 e. The summed E-state index contributed by atoms with van der Waals surface area (Å²) in [5.41, 5.74) is 0. The summed E-state index contributed by atoms with van der Waals surface area (Å²) in [7, 11) is -3.49. The zero-order valence-electron chi connectivity index (χ0n) is 8.92. The Morgan fingerprint density at radius 2 is 1.88 bits per heavy atom. The zero-order valence-corrected chi connectivity index (χ0v) is 12.8. The number of sulfonamides is 1. The molecule has 1 aromatic carbocycles. The van der Waals surface area contributed by atoms with Crippen molar-refractivity contribution in [2.45, 2.75) is 17.7 Å². The summed E-state index contributed by atoms with van der Waals surface area (Å²) in [5.74, 6) is 0. The molecule has 96 valence electrons. The van der Waals surface area contributed by atoms with E-state index < -0.39 is 10.0 Å². The first-order valence-corrected chi connectivity index (χ1v) is 8.34. The van der Waals surface area contributed by atoms with E-state index in [4.69, 9.17) is 23.2 Å². The van der Waals surface area contributed by atoms with Crippen LogP contribution in [0.2, 0.25) is 10.0 Å². The van der Waals surface area contributed by atoms with Crippen molar-refractivity contribution < 1.29 is 8.42 Å². The van der Waals surface area contributed by atoms with Crippen LogP contribution in [0.15, 0.2) is 23.1 Å². The SMILES string of the molecule is O=S(=O)(NCCCCBr)c1ccc(Cl)c(Cl)c1. The van der Waals surface area contributed by atoms with Gasteiger partial charge in [0, 0.05) is 11.9 Å². The highest BCUT2D eigenvalue weighted by Crippen LogP contribution is 2.24. The first-order chi connectivity index (χ1) is 7.97. The molecule has 17 heavy (non-hydrogen) atoms. The highest BCUT2D eigenvalue weighted by atomic mass is 79.9. The monoisotopic (exact) mass is 359 g/mol. The minimum absolute atomic E-state index is 0.130. The van der Waals surface area contributed by atoms with Crippen molar-refractivity contribution in [2.75, 3.05) is 11.9 Å². The van der Waals surface area contributed by atoms with Gasteiger partial charge in [-0.15, -0.1) is 0 Å². The van der Waals surface area contributed by atoms with E-state index in [1.54, 1.807) is 0 Å². The lowest BCUT2D eigenvalue weighted by atomic mass is 10.3. The van der Waals surface area contributed by atoms with Gasteiger partial charge < -0.3 is 0 Å². The highest BCUT2D eigenvalue weighted by Gasteiger charge is 2.14. The molecule has 3 nitrogen and oxygen atoms in total. The second-order valence-electron chi connectivity index (χ2n) is 3.37. The molecular weight excluding hydrogens is 349 g/mol. The van der Waals surface area contributed by atoms with E-state index in [9.17, 15) is 8.42 Å². The van der Waals surface area contributed by atoms with Crippen LogP contribution in [0.1, 0.15) is 12.8 Å². The first-order valence-electron chi connectivity index (χ1n) is 4.98. The van der Waals surface area contributed by atoms with E-state index in [1.165, 1.54) is 18.2 Å². The van der Waals surface area contributed by atoms with Crippen molar-refractivity contribution in [2.24, 2.45) is 0 Å². The summed E-state index contributed by atoms with van der Waals surface area (Å²) >= 11 is 14.8. The maximum Gasteiger partial charge on any atom is 0.240 e. The number of hydrogen-bond acceptors (Lipinski definition) is 2. The number of benzene rings is 1. The second kappa shape index (κ2) is 6.95. The molecule has 0 aliphatic heterocycles. The Labute approximate surface area is 120 Å². The van der Waals surface area contributed by atoms with Crippen LogP contribution >= 0.6 is 39.1 Å². The van der Waals surface area contributed by atoms with E-state index in [2.05, 4.69) is 20.7 Å².